The molecule has 0 bridgehead atoms. The fourth-order valence-electron chi connectivity index (χ4n) is 7.82. The lowest BCUT2D eigenvalue weighted by Gasteiger charge is -2.38. The highest BCUT2D eigenvalue weighted by Gasteiger charge is 2.72. The number of nitrogens with one attached hydrogen (secondary N) is 1. The molecule has 11 nitrogen and oxygen atoms in total. The highest BCUT2D eigenvalue weighted by molar-refractivity contribution is 6.06. The maximum absolute atomic E-state index is 14.8. The number of anilines is 1. The average molecular weight is 658 g/mol. The molecule has 2 fully saturated rings. The van der Waals surface area contributed by atoms with Gasteiger partial charge in [0.25, 0.3) is 5.91 Å². The number of para-hydroxylation sites is 1. The second kappa shape index (κ2) is 13.7. The van der Waals surface area contributed by atoms with Gasteiger partial charge >= 0.3 is 5.97 Å². The topological polar surface area (TPSA) is 135 Å². The zero-order chi connectivity index (χ0) is 34.2. The third-order valence-corrected chi connectivity index (χ3v) is 9.95. The summed E-state index contributed by atoms with van der Waals surface area (Å²) < 4.78 is 18.5. The molecule has 4 aliphatic heterocycles. The second-order valence-corrected chi connectivity index (χ2v) is 13.1. The molecule has 48 heavy (non-hydrogen) atoms. The Morgan fingerprint density at radius 3 is 2.44 bits per heavy atom. The van der Waals surface area contributed by atoms with Crippen molar-refractivity contribution in [1.82, 2.24) is 10.2 Å². The Morgan fingerprint density at radius 2 is 1.75 bits per heavy atom. The first-order chi connectivity index (χ1) is 23.1. The number of aliphatic hydroxyl groups is 1. The third kappa shape index (κ3) is 5.73. The van der Waals surface area contributed by atoms with Gasteiger partial charge in [-0.25, -0.2) is 0 Å². The van der Waals surface area contributed by atoms with E-state index in [9.17, 15) is 24.3 Å². The number of carbonyl (C=O) groups excluding carboxylic acids is 4. The summed E-state index contributed by atoms with van der Waals surface area (Å²) in [5.41, 5.74) is 1.66. The number of allylic oxidation sites excluding steroid dienone is 1. The number of likely N-dealkylation sites (tertiary alicyclic amines) is 1. The van der Waals surface area contributed by atoms with Crippen molar-refractivity contribution >= 4 is 29.4 Å². The summed E-state index contributed by atoms with van der Waals surface area (Å²) >= 11 is 0. The van der Waals surface area contributed by atoms with Crippen LogP contribution in [-0.4, -0.2) is 90.4 Å². The fourth-order valence-corrected chi connectivity index (χ4v) is 7.82. The summed E-state index contributed by atoms with van der Waals surface area (Å²) in [6.07, 6.45) is 5.72. The Labute approximate surface area is 280 Å². The number of hydrogen-bond acceptors (Lipinski definition) is 8. The minimum absolute atomic E-state index is 0.0700. The van der Waals surface area contributed by atoms with Crippen LogP contribution in [0.3, 0.4) is 0 Å². The Hall–Kier alpha value is -4.32. The van der Waals surface area contributed by atoms with Gasteiger partial charge in [0, 0.05) is 25.8 Å². The number of carbonyl (C=O) groups is 4. The van der Waals surface area contributed by atoms with E-state index in [2.05, 4.69) is 5.32 Å². The first kappa shape index (κ1) is 33.6. The van der Waals surface area contributed by atoms with Crippen LogP contribution < -0.4 is 10.2 Å². The normalized spacial score (nSPS) is 31.9. The monoisotopic (exact) mass is 657 g/mol. The summed E-state index contributed by atoms with van der Waals surface area (Å²) in [5.74, 6) is -4.00. The van der Waals surface area contributed by atoms with E-state index in [0.717, 1.165) is 16.8 Å². The first-order valence-electron chi connectivity index (χ1n) is 16.5. The molecule has 2 aromatic carbocycles. The van der Waals surface area contributed by atoms with Gasteiger partial charge in [-0.1, -0.05) is 72.8 Å². The van der Waals surface area contributed by atoms with Gasteiger partial charge in [-0.3, -0.25) is 19.2 Å². The number of hydrogen-bond donors (Lipinski definition) is 2. The molecule has 0 aromatic heterocycles. The maximum Gasteiger partial charge on any atom is 0.313 e. The number of aryl methyl sites for hydroxylation is 2. The lowest BCUT2D eigenvalue weighted by atomic mass is 9.77. The van der Waals surface area contributed by atoms with Gasteiger partial charge in [0.05, 0.1) is 37.3 Å². The Bertz CT molecular complexity index is 1610. The van der Waals surface area contributed by atoms with E-state index < -0.39 is 66.3 Å². The lowest BCUT2D eigenvalue weighted by molar-refractivity contribution is -0.162. The SMILES string of the molecule is COC[C@@H]1NC(=O)CC/C=C\[C@@H]2O[C@@]34C=CCN(c5c(C)cccc5C)C(=O)[C@@H]3N([C@H](C)CO)C(=O)[C@H]4[C@@H]2C(=O)O[C@H]1c1ccccc1. The highest BCUT2D eigenvalue weighted by Crippen LogP contribution is 2.54. The molecule has 11 heteroatoms. The molecule has 3 amide bonds. The highest BCUT2D eigenvalue weighted by atomic mass is 16.6. The van der Waals surface area contributed by atoms with Crippen LogP contribution in [-0.2, 0) is 33.4 Å². The van der Waals surface area contributed by atoms with Crippen LogP contribution in [0, 0.1) is 25.7 Å². The number of cyclic esters (lactones) is 1. The Balaban J connectivity index is 1.47. The summed E-state index contributed by atoms with van der Waals surface area (Å²) in [4.78, 5) is 60.0. The Kier molecular flexibility index (Phi) is 9.55. The minimum Gasteiger partial charge on any atom is -0.455 e. The number of fused-ring (bicyclic) bond motifs is 2. The van der Waals surface area contributed by atoms with Crippen molar-refractivity contribution in [2.24, 2.45) is 11.8 Å². The molecular formula is C37H43N3O8. The number of rotatable bonds is 6. The molecule has 4 heterocycles. The van der Waals surface area contributed by atoms with Crippen LogP contribution in [0.2, 0.25) is 0 Å². The van der Waals surface area contributed by atoms with Gasteiger partial charge in [-0.2, -0.15) is 0 Å². The smallest absolute Gasteiger partial charge is 0.313 e. The number of aliphatic hydroxyl groups excluding tert-OH is 1. The maximum atomic E-state index is 14.8. The van der Waals surface area contributed by atoms with Crippen LogP contribution in [0.1, 0.15) is 42.6 Å². The van der Waals surface area contributed by atoms with Gasteiger partial charge in [-0.05, 0) is 43.9 Å². The third-order valence-electron chi connectivity index (χ3n) is 9.95. The van der Waals surface area contributed by atoms with Crippen molar-refractivity contribution in [3.05, 3.63) is 89.5 Å². The van der Waals surface area contributed by atoms with E-state index in [1.165, 1.54) is 12.0 Å². The van der Waals surface area contributed by atoms with Crippen molar-refractivity contribution in [3.63, 3.8) is 0 Å². The van der Waals surface area contributed by atoms with Crippen LogP contribution in [0.4, 0.5) is 5.69 Å². The molecule has 0 radical (unpaired) electrons. The van der Waals surface area contributed by atoms with E-state index >= 15 is 0 Å². The van der Waals surface area contributed by atoms with Crippen molar-refractivity contribution < 1.29 is 38.5 Å². The van der Waals surface area contributed by atoms with Crippen LogP contribution >= 0.6 is 0 Å². The van der Waals surface area contributed by atoms with E-state index in [4.69, 9.17) is 14.2 Å². The molecule has 254 valence electrons. The van der Waals surface area contributed by atoms with E-state index in [-0.39, 0.29) is 31.4 Å². The zero-order valence-corrected chi connectivity index (χ0v) is 27.7. The number of nitrogens with zero attached hydrogens (tertiary/aromatic N) is 2. The standard InChI is InChI=1S/C37H43N3O8/c1-22-12-10-13-23(2)31(22)39-19-11-18-37-30(34(43)40(24(3)20-41)33(37)35(39)44)29-27(48-37)16-8-9-17-28(42)38-26(21-46-4)32(47-36(29)45)25-14-6-5-7-15-25/h5-8,10-16,18,24,26-27,29-30,32-33,41H,9,17,19-21H2,1-4H3,(H,38,42)/b16-8-/t24-,26+,27+,29-,30-,32+,33+,37-/m1/s1. The van der Waals surface area contributed by atoms with Gasteiger partial charge in [-0.15, -0.1) is 0 Å². The fraction of sp³-hybridized carbons (Fsp3) is 0.459. The number of ether oxygens (including phenoxy) is 3. The predicted octanol–water partition coefficient (Wildman–Crippen LogP) is 2.93. The molecule has 2 aromatic rings. The first-order valence-corrected chi connectivity index (χ1v) is 16.5. The summed E-state index contributed by atoms with van der Waals surface area (Å²) in [7, 11) is 1.50. The van der Waals surface area contributed by atoms with Gasteiger partial charge in [0.15, 0.2) is 0 Å². The molecule has 6 rings (SSSR count). The zero-order valence-electron chi connectivity index (χ0n) is 27.7. The molecular weight excluding hydrogens is 614 g/mol. The molecule has 1 spiro atoms. The second-order valence-electron chi connectivity index (χ2n) is 13.1. The van der Waals surface area contributed by atoms with Gasteiger partial charge in [0.2, 0.25) is 11.8 Å². The number of esters is 1. The predicted molar refractivity (Wildman–Crippen MR) is 177 cm³/mol. The van der Waals surface area contributed by atoms with Crippen LogP contribution in [0.25, 0.3) is 0 Å². The van der Waals surface area contributed by atoms with Crippen molar-refractivity contribution in [1.29, 1.82) is 0 Å². The van der Waals surface area contributed by atoms with Crippen LogP contribution in [0.15, 0.2) is 72.8 Å². The summed E-state index contributed by atoms with van der Waals surface area (Å²) in [5, 5.41) is 13.3. The molecule has 4 aliphatic rings. The molecule has 0 aliphatic carbocycles. The number of methoxy groups -OCH3 is 1. The molecule has 0 saturated carbocycles. The molecule has 0 unspecified atom stereocenters. The molecule has 2 saturated heterocycles. The van der Waals surface area contributed by atoms with E-state index in [1.54, 1.807) is 42.2 Å². The van der Waals surface area contributed by atoms with Gasteiger partial charge in [0.1, 0.15) is 23.7 Å². The largest absolute Gasteiger partial charge is 0.455 e. The molecule has 8 atom stereocenters. The van der Waals surface area contributed by atoms with Gasteiger partial charge < -0.3 is 34.4 Å². The molecule has 2 N–H and O–H groups in total. The summed E-state index contributed by atoms with van der Waals surface area (Å²) in [6.45, 7) is 5.45. The lowest BCUT2D eigenvalue weighted by Crippen LogP contribution is -2.58. The minimum atomic E-state index is -1.52. The number of benzene rings is 2. The van der Waals surface area contributed by atoms with Crippen molar-refractivity contribution in [2.75, 3.05) is 31.8 Å². The summed E-state index contributed by atoms with van der Waals surface area (Å²) in [6, 6.07) is 12.3. The number of amides is 3. The van der Waals surface area contributed by atoms with E-state index in [0.29, 0.717) is 12.0 Å². The average Bonchev–Trinajstić information content (AvgIpc) is 3.47. The van der Waals surface area contributed by atoms with Crippen molar-refractivity contribution in [3.8, 4) is 0 Å². The Morgan fingerprint density at radius 1 is 1.02 bits per heavy atom. The van der Waals surface area contributed by atoms with E-state index in [1.807, 2.05) is 56.3 Å². The quantitative estimate of drug-likeness (QED) is 0.358. The van der Waals surface area contributed by atoms with Crippen molar-refractivity contribution in [2.45, 2.75) is 69.5 Å². The van der Waals surface area contributed by atoms with Crippen LogP contribution in [0.5, 0.6) is 0 Å².